The van der Waals surface area contributed by atoms with Crippen molar-refractivity contribution in [3.05, 3.63) is 42.4 Å². The summed E-state index contributed by atoms with van der Waals surface area (Å²) in [5, 5.41) is 0. The average molecular weight is 213 g/mol. The molecule has 0 amide bonds. The molecule has 3 rings (SSSR count). The summed E-state index contributed by atoms with van der Waals surface area (Å²) in [5.41, 5.74) is 3.89. The Hall–Kier alpha value is -1.61. The van der Waals surface area contributed by atoms with Crippen LogP contribution in [0.1, 0.15) is 5.69 Å². The van der Waals surface area contributed by atoms with Gasteiger partial charge < -0.3 is 4.57 Å². The van der Waals surface area contributed by atoms with Gasteiger partial charge in [0.05, 0.1) is 0 Å². The molecule has 0 spiro atoms. The van der Waals surface area contributed by atoms with Gasteiger partial charge in [0.1, 0.15) is 0 Å². The Labute approximate surface area is 95.3 Å². The lowest BCUT2D eigenvalue weighted by Crippen LogP contribution is -2.30. The number of pyridine rings is 1. The molecule has 0 saturated heterocycles. The van der Waals surface area contributed by atoms with Crippen molar-refractivity contribution in [1.29, 1.82) is 0 Å². The molecule has 3 heterocycles. The zero-order valence-corrected chi connectivity index (χ0v) is 9.43. The van der Waals surface area contributed by atoms with Crippen molar-refractivity contribution >= 4 is 0 Å². The van der Waals surface area contributed by atoms with Crippen molar-refractivity contribution in [2.24, 2.45) is 0 Å². The molecule has 0 unspecified atom stereocenters. The van der Waals surface area contributed by atoms with Gasteiger partial charge in [0.25, 0.3) is 0 Å². The van der Waals surface area contributed by atoms with Crippen molar-refractivity contribution < 1.29 is 0 Å². The van der Waals surface area contributed by atoms with Crippen LogP contribution in [-0.2, 0) is 13.1 Å². The van der Waals surface area contributed by atoms with Crippen LogP contribution < -0.4 is 0 Å². The van der Waals surface area contributed by atoms with Crippen molar-refractivity contribution in [2.45, 2.75) is 13.1 Å². The highest BCUT2D eigenvalue weighted by molar-refractivity contribution is 5.59. The number of rotatable bonds is 1. The van der Waals surface area contributed by atoms with Gasteiger partial charge in [0, 0.05) is 49.0 Å². The third-order valence-corrected chi connectivity index (χ3v) is 3.17. The molecule has 0 fully saturated rings. The number of aromatic nitrogens is 2. The highest BCUT2D eigenvalue weighted by Gasteiger charge is 2.16. The van der Waals surface area contributed by atoms with Crippen LogP contribution in [0.15, 0.2) is 36.7 Å². The summed E-state index contributed by atoms with van der Waals surface area (Å²) in [7, 11) is 2.17. The molecule has 2 aromatic rings. The molecule has 1 aliphatic heterocycles. The molecule has 0 aromatic carbocycles. The second kappa shape index (κ2) is 3.76. The number of likely N-dealkylation sites (N-methyl/N-ethyl adjacent to an activating group) is 1. The quantitative estimate of drug-likeness (QED) is 0.722. The third-order valence-electron chi connectivity index (χ3n) is 3.17. The van der Waals surface area contributed by atoms with E-state index in [0.29, 0.717) is 0 Å². The smallest absolute Gasteiger partial charge is 0.0498 e. The van der Waals surface area contributed by atoms with E-state index in [1.54, 1.807) is 0 Å². The SMILES string of the molecule is CN1CCn2c(ccc2-c2cccnc2)C1. The normalized spacial score (nSPS) is 16.1. The first-order chi connectivity index (χ1) is 7.84. The number of hydrogen-bond acceptors (Lipinski definition) is 2. The topological polar surface area (TPSA) is 21.1 Å². The van der Waals surface area contributed by atoms with E-state index in [0.717, 1.165) is 19.6 Å². The lowest BCUT2D eigenvalue weighted by atomic mass is 10.2. The van der Waals surface area contributed by atoms with E-state index in [-0.39, 0.29) is 0 Å². The Bertz CT molecular complexity index is 487. The molecule has 0 N–H and O–H groups in total. The Kier molecular flexibility index (Phi) is 2.26. The van der Waals surface area contributed by atoms with Crippen molar-refractivity contribution in [2.75, 3.05) is 13.6 Å². The predicted octanol–water partition coefficient (Wildman–Crippen LogP) is 2.00. The fourth-order valence-electron chi connectivity index (χ4n) is 2.30. The molecule has 3 nitrogen and oxygen atoms in total. The minimum Gasteiger partial charge on any atom is -0.342 e. The monoisotopic (exact) mass is 213 g/mol. The summed E-state index contributed by atoms with van der Waals surface area (Å²) in [4.78, 5) is 6.53. The van der Waals surface area contributed by atoms with Crippen LogP contribution >= 0.6 is 0 Å². The molecule has 82 valence electrons. The maximum atomic E-state index is 4.18. The number of hydrogen-bond donors (Lipinski definition) is 0. The van der Waals surface area contributed by atoms with Crippen LogP contribution in [0, 0.1) is 0 Å². The maximum Gasteiger partial charge on any atom is 0.0498 e. The largest absolute Gasteiger partial charge is 0.342 e. The molecule has 0 saturated carbocycles. The van der Waals surface area contributed by atoms with Crippen LogP contribution in [0.4, 0.5) is 0 Å². The molecule has 0 atom stereocenters. The zero-order chi connectivity index (χ0) is 11.0. The van der Waals surface area contributed by atoms with Crippen LogP contribution in [0.2, 0.25) is 0 Å². The summed E-state index contributed by atoms with van der Waals surface area (Å²) >= 11 is 0. The summed E-state index contributed by atoms with van der Waals surface area (Å²) in [6, 6.07) is 8.53. The van der Waals surface area contributed by atoms with Gasteiger partial charge in [0.2, 0.25) is 0 Å². The van der Waals surface area contributed by atoms with E-state index in [1.807, 2.05) is 18.5 Å². The molecule has 0 radical (unpaired) electrons. The van der Waals surface area contributed by atoms with E-state index in [9.17, 15) is 0 Å². The van der Waals surface area contributed by atoms with Gasteiger partial charge in [-0.05, 0) is 31.3 Å². The Morgan fingerprint density at radius 2 is 2.12 bits per heavy atom. The van der Waals surface area contributed by atoms with Crippen LogP contribution in [-0.4, -0.2) is 28.0 Å². The second-order valence-corrected chi connectivity index (χ2v) is 4.34. The van der Waals surface area contributed by atoms with Crippen molar-refractivity contribution in [3.63, 3.8) is 0 Å². The molecule has 0 bridgehead atoms. The lowest BCUT2D eigenvalue weighted by molar-refractivity contribution is 0.271. The van der Waals surface area contributed by atoms with E-state index in [4.69, 9.17) is 0 Å². The molecule has 16 heavy (non-hydrogen) atoms. The van der Waals surface area contributed by atoms with E-state index in [2.05, 4.69) is 39.7 Å². The first-order valence-corrected chi connectivity index (χ1v) is 5.62. The lowest BCUT2D eigenvalue weighted by Gasteiger charge is -2.26. The van der Waals surface area contributed by atoms with E-state index in [1.165, 1.54) is 17.0 Å². The van der Waals surface area contributed by atoms with Crippen LogP contribution in [0.3, 0.4) is 0 Å². The fraction of sp³-hybridized carbons (Fsp3) is 0.308. The Morgan fingerprint density at radius 1 is 1.19 bits per heavy atom. The van der Waals surface area contributed by atoms with Crippen LogP contribution in [0.5, 0.6) is 0 Å². The number of nitrogens with zero attached hydrogens (tertiary/aromatic N) is 3. The molecule has 1 aliphatic rings. The van der Waals surface area contributed by atoms with Crippen LogP contribution in [0.25, 0.3) is 11.3 Å². The molecule has 0 aliphatic carbocycles. The van der Waals surface area contributed by atoms with Gasteiger partial charge in [0.15, 0.2) is 0 Å². The first kappa shape index (κ1) is 9.60. The van der Waals surface area contributed by atoms with Crippen molar-refractivity contribution in [1.82, 2.24) is 14.5 Å². The van der Waals surface area contributed by atoms with Gasteiger partial charge in [-0.25, -0.2) is 0 Å². The molecule has 3 heteroatoms. The maximum absolute atomic E-state index is 4.18. The summed E-state index contributed by atoms with van der Waals surface area (Å²) in [5.74, 6) is 0. The van der Waals surface area contributed by atoms with E-state index < -0.39 is 0 Å². The zero-order valence-electron chi connectivity index (χ0n) is 9.43. The van der Waals surface area contributed by atoms with Gasteiger partial charge in [-0.2, -0.15) is 0 Å². The third kappa shape index (κ3) is 1.53. The Morgan fingerprint density at radius 3 is 2.94 bits per heavy atom. The van der Waals surface area contributed by atoms with Gasteiger partial charge in [-0.1, -0.05) is 0 Å². The molecular weight excluding hydrogens is 198 g/mol. The Balaban J connectivity index is 2.04. The minimum atomic E-state index is 1.04. The second-order valence-electron chi connectivity index (χ2n) is 4.34. The van der Waals surface area contributed by atoms with Gasteiger partial charge in [-0.3, -0.25) is 9.88 Å². The van der Waals surface area contributed by atoms with Gasteiger partial charge >= 0.3 is 0 Å². The van der Waals surface area contributed by atoms with E-state index >= 15 is 0 Å². The average Bonchev–Trinajstić information content (AvgIpc) is 2.73. The van der Waals surface area contributed by atoms with Gasteiger partial charge in [-0.15, -0.1) is 0 Å². The van der Waals surface area contributed by atoms with Crippen molar-refractivity contribution in [3.8, 4) is 11.3 Å². The highest BCUT2D eigenvalue weighted by atomic mass is 15.2. The predicted molar refractivity (Wildman–Crippen MR) is 64.0 cm³/mol. The minimum absolute atomic E-state index is 1.04. The molecule has 2 aromatic heterocycles. The number of fused-ring (bicyclic) bond motifs is 1. The standard InChI is InChI=1S/C13H15N3/c1-15-7-8-16-12(10-15)4-5-13(16)11-3-2-6-14-9-11/h2-6,9H,7-8,10H2,1H3. The fourth-order valence-corrected chi connectivity index (χ4v) is 2.30. The molecular formula is C13H15N3. The highest BCUT2D eigenvalue weighted by Crippen LogP contribution is 2.24. The summed E-state index contributed by atoms with van der Waals surface area (Å²) in [6.07, 6.45) is 3.75. The summed E-state index contributed by atoms with van der Waals surface area (Å²) < 4.78 is 2.40. The summed E-state index contributed by atoms with van der Waals surface area (Å²) in [6.45, 7) is 3.23. The first-order valence-electron chi connectivity index (χ1n) is 5.62.